The van der Waals surface area contributed by atoms with Gasteiger partial charge in [-0.15, -0.1) is 0 Å². The van der Waals surface area contributed by atoms with Crippen LogP contribution in [0, 0.1) is 6.92 Å². The van der Waals surface area contributed by atoms with Gasteiger partial charge in [0.2, 0.25) is 0 Å². The zero-order valence-corrected chi connectivity index (χ0v) is 12.9. The van der Waals surface area contributed by atoms with Gasteiger partial charge in [-0.3, -0.25) is 4.79 Å². The Hall–Kier alpha value is -2.63. The largest absolute Gasteiger partial charge is 0.490 e. The van der Waals surface area contributed by atoms with E-state index in [1.807, 2.05) is 25.1 Å². The zero-order chi connectivity index (χ0) is 16.4. The first kappa shape index (κ1) is 15.3. The molecule has 1 aliphatic rings. The van der Waals surface area contributed by atoms with Crippen molar-refractivity contribution in [2.75, 3.05) is 0 Å². The molecule has 120 valence electrons. The molecule has 23 heavy (non-hydrogen) atoms. The van der Waals surface area contributed by atoms with Crippen molar-refractivity contribution in [2.24, 2.45) is 0 Å². The number of ether oxygens (including phenoxy) is 1. The minimum atomic E-state index is -0.999. The molecule has 6 nitrogen and oxygen atoms in total. The normalized spacial score (nSPS) is 15.6. The van der Waals surface area contributed by atoms with E-state index in [4.69, 9.17) is 9.84 Å². The molecule has 1 N–H and O–H groups in total. The SMILES string of the molecule is Cc1cc(OC2CCC(=O)CC2)ccc1-n1cc(C(=O)O)cn1. The standard InChI is InChI=1S/C17H18N2O4/c1-11-8-15(23-14-4-2-13(20)3-5-14)6-7-16(11)19-10-12(9-18-19)17(21)22/h6-10,14H,2-5H2,1H3,(H,21,22). The molecule has 6 heteroatoms. The summed E-state index contributed by atoms with van der Waals surface area (Å²) in [6.07, 6.45) is 5.60. The maximum atomic E-state index is 11.3. The molecule has 3 rings (SSSR count). The van der Waals surface area contributed by atoms with Crippen LogP contribution in [0.5, 0.6) is 5.75 Å². The van der Waals surface area contributed by atoms with E-state index in [2.05, 4.69) is 5.10 Å². The molecule has 0 aliphatic heterocycles. The first-order valence-electron chi connectivity index (χ1n) is 7.60. The highest BCUT2D eigenvalue weighted by molar-refractivity contribution is 5.87. The second kappa shape index (κ2) is 6.24. The molecule has 1 aromatic heterocycles. The summed E-state index contributed by atoms with van der Waals surface area (Å²) in [5, 5.41) is 13.0. The molecule has 1 saturated carbocycles. The van der Waals surface area contributed by atoms with Crippen LogP contribution in [0.3, 0.4) is 0 Å². The van der Waals surface area contributed by atoms with Crippen LogP contribution in [-0.4, -0.2) is 32.7 Å². The maximum Gasteiger partial charge on any atom is 0.338 e. The molecular weight excluding hydrogens is 296 g/mol. The van der Waals surface area contributed by atoms with Gasteiger partial charge in [0.05, 0.1) is 23.6 Å². The highest BCUT2D eigenvalue weighted by Gasteiger charge is 2.20. The lowest BCUT2D eigenvalue weighted by Crippen LogP contribution is -2.24. The lowest BCUT2D eigenvalue weighted by molar-refractivity contribution is -0.121. The minimum Gasteiger partial charge on any atom is -0.490 e. The van der Waals surface area contributed by atoms with E-state index < -0.39 is 5.97 Å². The smallest absolute Gasteiger partial charge is 0.338 e. The summed E-state index contributed by atoms with van der Waals surface area (Å²) in [6, 6.07) is 5.62. The number of Topliss-reactive ketones (excluding diaryl/α,β-unsaturated/α-hetero) is 1. The van der Waals surface area contributed by atoms with Gasteiger partial charge in [0, 0.05) is 19.0 Å². The molecule has 1 heterocycles. The molecule has 1 fully saturated rings. The molecule has 0 amide bonds. The van der Waals surface area contributed by atoms with Gasteiger partial charge in [-0.25, -0.2) is 9.48 Å². The molecular formula is C17H18N2O4. The van der Waals surface area contributed by atoms with Gasteiger partial charge in [-0.1, -0.05) is 0 Å². The van der Waals surface area contributed by atoms with Crippen molar-refractivity contribution >= 4 is 11.8 Å². The van der Waals surface area contributed by atoms with Gasteiger partial charge in [0.1, 0.15) is 11.5 Å². The zero-order valence-electron chi connectivity index (χ0n) is 12.9. The summed E-state index contributed by atoms with van der Waals surface area (Å²) in [7, 11) is 0. The molecule has 2 aromatic rings. The summed E-state index contributed by atoms with van der Waals surface area (Å²) in [5.41, 5.74) is 1.90. The second-order valence-electron chi connectivity index (χ2n) is 5.78. The molecule has 0 atom stereocenters. The fourth-order valence-corrected chi connectivity index (χ4v) is 2.75. The average molecular weight is 314 g/mol. The number of hydrogen-bond acceptors (Lipinski definition) is 4. The third-order valence-corrected chi connectivity index (χ3v) is 4.04. The topological polar surface area (TPSA) is 81.4 Å². The van der Waals surface area contributed by atoms with Crippen LogP contribution in [0.2, 0.25) is 0 Å². The van der Waals surface area contributed by atoms with Crippen LogP contribution in [0.15, 0.2) is 30.6 Å². The molecule has 1 aromatic carbocycles. The lowest BCUT2D eigenvalue weighted by atomic mass is 9.96. The number of benzene rings is 1. The van der Waals surface area contributed by atoms with Crippen molar-refractivity contribution in [3.8, 4) is 11.4 Å². The Labute approximate surface area is 133 Å². The Morgan fingerprint density at radius 1 is 1.35 bits per heavy atom. The number of hydrogen-bond donors (Lipinski definition) is 1. The third-order valence-electron chi connectivity index (χ3n) is 4.04. The van der Waals surface area contributed by atoms with Crippen molar-refractivity contribution in [2.45, 2.75) is 38.7 Å². The Kier molecular flexibility index (Phi) is 4.14. The van der Waals surface area contributed by atoms with Gasteiger partial charge >= 0.3 is 5.97 Å². The average Bonchev–Trinajstić information content (AvgIpc) is 3.00. The van der Waals surface area contributed by atoms with Crippen LogP contribution in [0.1, 0.15) is 41.6 Å². The van der Waals surface area contributed by atoms with Crippen molar-refractivity contribution in [3.63, 3.8) is 0 Å². The molecule has 0 radical (unpaired) electrons. The van der Waals surface area contributed by atoms with E-state index in [9.17, 15) is 9.59 Å². The molecule has 0 bridgehead atoms. The highest BCUT2D eigenvalue weighted by atomic mass is 16.5. The lowest BCUT2D eigenvalue weighted by Gasteiger charge is -2.22. The Balaban J connectivity index is 1.75. The first-order valence-corrected chi connectivity index (χ1v) is 7.60. The van der Waals surface area contributed by atoms with Crippen LogP contribution < -0.4 is 4.74 Å². The van der Waals surface area contributed by atoms with Crippen LogP contribution in [0.25, 0.3) is 5.69 Å². The summed E-state index contributed by atoms with van der Waals surface area (Å²) < 4.78 is 7.49. The van der Waals surface area contributed by atoms with Gasteiger partial charge in [-0.05, 0) is 43.5 Å². The summed E-state index contributed by atoms with van der Waals surface area (Å²) in [6.45, 7) is 1.93. The second-order valence-corrected chi connectivity index (χ2v) is 5.78. The van der Waals surface area contributed by atoms with Crippen LogP contribution in [0.4, 0.5) is 0 Å². The van der Waals surface area contributed by atoms with Crippen LogP contribution >= 0.6 is 0 Å². The Morgan fingerprint density at radius 3 is 2.70 bits per heavy atom. The van der Waals surface area contributed by atoms with Gasteiger partial charge in [0.15, 0.2) is 0 Å². The number of aryl methyl sites for hydroxylation is 1. The number of carbonyl (C=O) groups is 2. The summed E-state index contributed by atoms with van der Waals surface area (Å²) in [4.78, 5) is 22.2. The maximum absolute atomic E-state index is 11.3. The fraction of sp³-hybridized carbons (Fsp3) is 0.353. The Morgan fingerprint density at radius 2 is 2.09 bits per heavy atom. The fourth-order valence-electron chi connectivity index (χ4n) is 2.75. The number of aromatic carboxylic acids is 1. The predicted octanol–water partition coefficient (Wildman–Crippen LogP) is 2.77. The van der Waals surface area contributed by atoms with Crippen molar-refractivity contribution in [3.05, 3.63) is 41.7 Å². The van der Waals surface area contributed by atoms with Gasteiger partial charge < -0.3 is 9.84 Å². The van der Waals surface area contributed by atoms with Crippen LogP contribution in [-0.2, 0) is 4.79 Å². The predicted molar refractivity (Wildman–Crippen MR) is 83.2 cm³/mol. The first-order chi connectivity index (χ1) is 11.0. The minimum absolute atomic E-state index is 0.0845. The molecule has 0 unspecified atom stereocenters. The van der Waals surface area contributed by atoms with E-state index in [0.29, 0.717) is 18.6 Å². The Bertz CT molecular complexity index is 741. The molecule has 0 spiro atoms. The number of ketones is 1. The molecule has 0 saturated heterocycles. The van der Waals surface area contributed by atoms with Crippen molar-refractivity contribution in [1.29, 1.82) is 0 Å². The number of carbonyl (C=O) groups excluding carboxylic acids is 1. The van der Waals surface area contributed by atoms with Crippen molar-refractivity contribution in [1.82, 2.24) is 9.78 Å². The number of nitrogens with zero attached hydrogens (tertiary/aromatic N) is 2. The van der Waals surface area contributed by atoms with Crippen molar-refractivity contribution < 1.29 is 19.4 Å². The van der Waals surface area contributed by atoms with E-state index in [-0.39, 0.29) is 11.7 Å². The number of rotatable bonds is 4. The van der Waals surface area contributed by atoms with Gasteiger partial charge in [0.25, 0.3) is 0 Å². The highest BCUT2D eigenvalue weighted by Crippen LogP contribution is 2.25. The monoisotopic (exact) mass is 314 g/mol. The van der Waals surface area contributed by atoms with E-state index in [0.717, 1.165) is 29.8 Å². The van der Waals surface area contributed by atoms with Gasteiger partial charge in [-0.2, -0.15) is 5.10 Å². The summed E-state index contributed by atoms with van der Waals surface area (Å²) >= 11 is 0. The quantitative estimate of drug-likeness (QED) is 0.938. The number of aromatic nitrogens is 2. The van der Waals surface area contributed by atoms with E-state index in [1.165, 1.54) is 12.4 Å². The number of carboxylic acids is 1. The molecule has 1 aliphatic carbocycles. The van der Waals surface area contributed by atoms with E-state index >= 15 is 0 Å². The van der Waals surface area contributed by atoms with E-state index in [1.54, 1.807) is 4.68 Å². The summed E-state index contributed by atoms with van der Waals surface area (Å²) in [5.74, 6) is 0.0706. The number of carboxylic acid groups (broad SMARTS) is 1. The third kappa shape index (κ3) is 3.41.